The molecule has 4 nitrogen and oxygen atoms in total. The number of rotatable bonds is 5. The molecule has 0 saturated carbocycles. The molecule has 0 radical (unpaired) electrons. The largest absolute Gasteiger partial charge is 0.342 e. The second kappa shape index (κ2) is 6.74. The van der Waals surface area contributed by atoms with Crippen molar-refractivity contribution in [3.63, 3.8) is 0 Å². The van der Waals surface area contributed by atoms with Gasteiger partial charge in [-0.2, -0.15) is 5.26 Å². The monoisotopic (exact) mass is 260 g/mol. The maximum absolute atomic E-state index is 8.93. The third-order valence-electron chi connectivity index (χ3n) is 3.81. The molecule has 104 valence electrons. The number of aromatic nitrogens is 1. The Balaban J connectivity index is 1.76. The summed E-state index contributed by atoms with van der Waals surface area (Å²) in [5.41, 5.74) is 1.91. The summed E-state index contributed by atoms with van der Waals surface area (Å²) in [6.07, 6.45) is 6.10. The molecule has 1 saturated heterocycles. The van der Waals surface area contributed by atoms with E-state index in [1.165, 1.54) is 37.9 Å². The molecule has 1 atom stereocenters. The highest BCUT2D eigenvalue weighted by Crippen LogP contribution is 2.09. The number of nitriles is 1. The van der Waals surface area contributed by atoms with Crippen LogP contribution < -0.4 is 5.32 Å². The second-order valence-electron chi connectivity index (χ2n) is 5.60. The predicted octanol–water partition coefficient (Wildman–Crippen LogP) is 1.86. The Bertz CT molecular complexity index is 437. The number of hydrogen-bond donors (Lipinski definition) is 1. The van der Waals surface area contributed by atoms with E-state index >= 15 is 0 Å². The van der Waals surface area contributed by atoms with Gasteiger partial charge in [0.2, 0.25) is 0 Å². The van der Waals surface area contributed by atoms with Crippen LogP contribution in [0, 0.1) is 11.3 Å². The van der Waals surface area contributed by atoms with E-state index in [0.29, 0.717) is 6.04 Å². The zero-order valence-electron chi connectivity index (χ0n) is 12.0. The Morgan fingerprint density at radius 3 is 2.74 bits per heavy atom. The molecular weight excluding hydrogens is 236 g/mol. The number of aryl methyl sites for hydroxylation is 1. The zero-order chi connectivity index (χ0) is 13.7. The maximum atomic E-state index is 8.93. The molecule has 0 spiro atoms. The van der Waals surface area contributed by atoms with Gasteiger partial charge in [0.15, 0.2) is 0 Å². The normalized spacial score (nSPS) is 18.2. The fraction of sp³-hybridized carbons (Fsp3) is 0.667. The molecule has 0 aromatic carbocycles. The van der Waals surface area contributed by atoms with E-state index in [1.807, 2.05) is 23.9 Å². The standard InChI is InChI=1S/C15H24N4/c1-13(11-19-6-4-3-5-7-19)17-10-14-8-15(9-16)18(2)12-14/h8,12-13,17H,3-7,10-11H2,1-2H3. The first-order valence-corrected chi connectivity index (χ1v) is 7.20. The van der Waals surface area contributed by atoms with Crippen molar-refractivity contribution in [2.45, 2.75) is 38.8 Å². The highest BCUT2D eigenvalue weighted by molar-refractivity contribution is 5.28. The van der Waals surface area contributed by atoms with Crippen LogP contribution in [0.3, 0.4) is 0 Å². The van der Waals surface area contributed by atoms with Crippen LogP contribution in [0.4, 0.5) is 0 Å². The summed E-state index contributed by atoms with van der Waals surface area (Å²) in [7, 11) is 1.92. The van der Waals surface area contributed by atoms with Crippen LogP contribution >= 0.6 is 0 Å². The number of nitrogens with zero attached hydrogens (tertiary/aromatic N) is 3. The van der Waals surface area contributed by atoms with Crippen molar-refractivity contribution in [3.05, 3.63) is 23.5 Å². The van der Waals surface area contributed by atoms with Crippen molar-refractivity contribution in [1.29, 1.82) is 5.26 Å². The van der Waals surface area contributed by atoms with Gasteiger partial charge in [0.05, 0.1) is 0 Å². The van der Waals surface area contributed by atoms with Crippen LogP contribution in [-0.2, 0) is 13.6 Å². The summed E-state index contributed by atoms with van der Waals surface area (Å²) in [5.74, 6) is 0. The molecule has 2 rings (SSSR count). The first kappa shape index (κ1) is 14.1. The quantitative estimate of drug-likeness (QED) is 0.879. The second-order valence-corrected chi connectivity index (χ2v) is 5.60. The first-order valence-electron chi connectivity index (χ1n) is 7.20. The lowest BCUT2D eigenvalue weighted by Gasteiger charge is -2.29. The fourth-order valence-corrected chi connectivity index (χ4v) is 2.73. The van der Waals surface area contributed by atoms with E-state index in [4.69, 9.17) is 5.26 Å². The minimum atomic E-state index is 0.490. The summed E-state index contributed by atoms with van der Waals surface area (Å²) in [6.45, 7) is 6.69. The topological polar surface area (TPSA) is 44.0 Å². The average molecular weight is 260 g/mol. The Hall–Kier alpha value is -1.31. The van der Waals surface area contributed by atoms with Crippen LogP contribution in [0.5, 0.6) is 0 Å². The Labute approximate surface area is 116 Å². The lowest BCUT2D eigenvalue weighted by Crippen LogP contribution is -2.41. The van der Waals surface area contributed by atoms with Gasteiger partial charge in [0.25, 0.3) is 0 Å². The maximum Gasteiger partial charge on any atom is 0.120 e. The SMILES string of the molecule is CC(CN1CCCCC1)NCc1cc(C#N)n(C)c1. The molecule has 1 aromatic rings. The molecule has 1 unspecified atom stereocenters. The Kier molecular flexibility index (Phi) is 5.00. The number of nitrogens with one attached hydrogen (secondary N) is 1. The van der Waals surface area contributed by atoms with Crippen LogP contribution in [-0.4, -0.2) is 35.1 Å². The van der Waals surface area contributed by atoms with Gasteiger partial charge < -0.3 is 14.8 Å². The van der Waals surface area contributed by atoms with Gasteiger partial charge in [-0.3, -0.25) is 0 Å². The number of piperidine rings is 1. The van der Waals surface area contributed by atoms with Gasteiger partial charge in [-0.05, 0) is 44.5 Å². The van der Waals surface area contributed by atoms with Crippen molar-refractivity contribution in [2.24, 2.45) is 7.05 Å². The highest BCUT2D eigenvalue weighted by atomic mass is 15.1. The molecule has 1 aromatic heterocycles. The van der Waals surface area contributed by atoms with Crippen LogP contribution in [0.25, 0.3) is 0 Å². The first-order chi connectivity index (χ1) is 9.19. The number of likely N-dealkylation sites (tertiary alicyclic amines) is 1. The van der Waals surface area contributed by atoms with Crippen molar-refractivity contribution in [3.8, 4) is 6.07 Å². The molecule has 0 aliphatic carbocycles. The third kappa shape index (κ3) is 4.09. The van der Waals surface area contributed by atoms with E-state index < -0.39 is 0 Å². The average Bonchev–Trinajstić information content (AvgIpc) is 2.78. The molecule has 0 bridgehead atoms. The molecule has 0 amide bonds. The van der Waals surface area contributed by atoms with Gasteiger partial charge in [-0.25, -0.2) is 0 Å². The minimum absolute atomic E-state index is 0.490. The summed E-state index contributed by atoms with van der Waals surface area (Å²) in [6, 6.07) is 4.64. The van der Waals surface area contributed by atoms with Crippen molar-refractivity contribution in [1.82, 2.24) is 14.8 Å². The van der Waals surface area contributed by atoms with Crippen molar-refractivity contribution >= 4 is 0 Å². The van der Waals surface area contributed by atoms with Crippen LogP contribution in [0.1, 0.15) is 37.4 Å². The summed E-state index contributed by atoms with van der Waals surface area (Å²) in [4.78, 5) is 2.55. The lowest BCUT2D eigenvalue weighted by molar-refractivity contribution is 0.209. The van der Waals surface area contributed by atoms with Crippen LogP contribution in [0.2, 0.25) is 0 Å². The zero-order valence-corrected chi connectivity index (χ0v) is 12.0. The van der Waals surface area contributed by atoms with Crippen molar-refractivity contribution < 1.29 is 0 Å². The smallest absolute Gasteiger partial charge is 0.120 e. The minimum Gasteiger partial charge on any atom is -0.342 e. The van der Waals surface area contributed by atoms with Gasteiger partial charge in [0, 0.05) is 32.4 Å². The molecular formula is C15H24N4. The molecule has 1 N–H and O–H groups in total. The Morgan fingerprint density at radius 2 is 2.11 bits per heavy atom. The van der Waals surface area contributed by atoms with E-state index in [2.05, 4.69) is 23.2 Å². The molecule has 4 heteroatoms. The summed E-state index contributed by atoms with van der Waals surface area (Å²) in [5, 5.41) is 12.5. The summed E-state index contributed by atoms with van der Waals surface area (Å²) < 4.78 is 1.88. The van der Waals surface area contributed by atoms with E-state index in [-0.39, 0.29) is 0 Å². The van der Waals surface area contributed by atoms with Gasteiger partial charge in [-0.1, -0.05) is 6.42 Å². The number of hydrogen-bond acceptors (Lipinski definition) is 3. The Morgan fingerprint density at radius 1 is 1.37 bits per heavy atom. The van der Waals surface area contributed by atoms with Gasteiger partial charge in [-0.15, -0.1) is 0 Å². The van der Waals surface area contributed by atoms with Gasteiger partial charge >= 0.3 is 0 Å². The third-order valence-corrected chi connectivity index (χ3v) is 3.81. The summed E-state index contributed by atoms with van der Waals surface area (Å²) >= 11 is 0. The van der Waals surface area contributed by atoms with E-state index in [0.717, 1.165) is 18.8 Å². The molecule has 2 heterocycles. The molecule has 1 aliphatic rings. The predicted molar refractivity (Wildman–Crippen MR) is 76.7 cm³/mol. The van der Waals surface area contributed by atoms with Crippen LogP contribution in [0.15, 0.2) is 12.3 Å². The molecule has 19 heavy (non-hydrogen) atoms. The highest BCUT2D eigenvalue weighted by Gasteiger charge is 2.13. The molecule has 1 aliphatic heterocycles. The van der Waals surface area contributed by atoms with Crippen molar-refractivity contribution in [2.75, 3.05) is 19.6 Å². The molecule has 1 fully saturated rings. The fourth-order valence-electron chi connectivity index (χ4n) is 2.73. The van der Waals surface area contributed by atoms with Gasteiger partial charge in [0.1, 0.15) is 11.8 Å². The van der Waals surface area contributed by atoms with E-state index in [1.54, 1.807) is 0 Å². The van der Waals surface area contributed by atoms with E-state index in [9.17, 15) is 0 Å². The lowest BCUT2D eigenvalue weighted by atomic mass is 10.1.